The molecule has 0 spiro atoms. The van der Waals surface area contributed by atoms with Gasteiger partial charge in [0.15, 0.2) is 5.82 Å². The number of carbonyl (C=O) groups is 1. The van der Waals surface area contributed by atoms with Gasteiger partial charge in [-0.1, -0.05) is 35.1 Å². The SMILES string of the molecule is O=C(c1ccccc1Cl)N1CCC(Oc2nc3c(F)cc(F)cc3s2)CC1. The van der Waals surface area contributed by atoms with E-state index in [1.54, 1.807) is 29.2 Å². The zero-order valence-electron chi connectivity index (χ0n) is 14.1. The molecule has 2 aromatic carbocycles. The molecule has 0 aliphatic carbocycles. The minimum Gasteiger partial charge on any atom is -0.467 e. The number of piperidine rings is 1. The minimum absolute atomic E-state index is 0.100. The zero-order valence-corrected chi connectivity index (χ0v) is 15.7. The van der Waals surface area contributed by atoms with Gasteiger partial charge < -0.3 is 9.64 Å². The van der Waals surface area contributed by atoms with Gasteiger partial charge in [0, 0.05) is 32.0 Å². The highest BCUT2D eigenvalue weighted by atomic mass is 35.5. The van der Waals surface area contributed by atoms with Crippen molar-refractivity contribution in [2.45, 2.75) is 18.9 Å². The second kappa shape index (κ2) is 7.40. The molecule has 1 aliphatic heterocycles. The number of likely N-dealkylation sites (tertiary alicyclic amines) is 1. The van der Waals surface area contributed by atoms with E-state index in [1.807, 2.05) is 0 Å². The molecule has 4 rings (SSSR count). The van der Waals surface area contributed by atoms with Gasteiger partial charge in [-0.25, -0.2) is 8.78 Å². The zero-order chi connectivity index (χ0) is 19.0. The van der Waals surface area contributed by atoms with Crippen LogP contribution < -0.4 is 4.74 Å². The maximum atomic E-state index is 13.8. The van der Waals surface area contributed by atoms with Crippen molar-refractivity contribution in [3.63, 3.8) is 0 Å². The first kappa shape index (κ1) is 18.1. The third-order valence-corrected chi connectivity index (χ3v) is 5.72. The summed E-state index contributed by atoms with van der Waals surface area (Å²) in [5.41, 5.74) is 0.602. The number of fused-ring (bicyclic) bond motifs is 1. The van der Waals surface area contributed by atoms with Crippen LogP contribution in [0.2, 0.25) is 5.02 Å². The van der Waals surface area contributed by atoms with Gasteiger partial charge in [0.05, 0.1) is 15.3 Å². The Morgan fingerprint density at radius 3 is 2.70 bits per heavy atom. The van der Waals surface area contributed by atoms with E-state index in [0.717, 1.165) is 17.4 Å². The van der Waals surface area contributed by atoms with Gasteiger partial charge in [0.1, 0.15) is 17.4 Å². The van der Waals surface area contributed by atoms with Crippen LogP contribution in [-0.2, 0) is 0 Å². The molecule has 1 aliphatic rings. The van der Waals surface area contributed by atoms with E-state index in [9.17, 15) is 13.6 Å². The summed E-state index contributed by atoms with van der Waals surface area (Å²) in [7, 11) is 0. The number of nitrogens with zero attached hydrogens (tertiary/aromatic N) is 2. The molecule has 4 nitrogen and oxygen atoms in total. The summed E-state index contributed by atoms with van der Waals surface area (Å²) in [6.45, 7) is 1.06. The monoisotopic (exact) mass is 408 g/mol. The number of thiazole rings is 1. The van der Waals surface area contributed by atoms with E-state index in [2.05, 4.69) is 4.98 Å². The van der Waals surface area contributed by atoms with Crippen LogP contribution >= 0.6 is 22.9 Å². The Bertz CT molecular complexity index is 1000. The van der Waals surface area contributed by atoms with Crippen LogP contribution in [0.5, 0.6) is 5.19 Å². The molecule has 0 N–H and O–H groups in total. The van der Waals surface area contributed by atoms with Gasteiger partial charge in [-0.05, 0) is 18.2 Å². The predicted octanol–water partition coefficient (Wildman–Crippen LogP) is 4.91. The predicted molar refractivity (Wildman–Crippen MR) is 101 cm³/mol. The second-order valence-electron chi connectivity index (χ2n) is 6.30. The number of carbonyl (C=O) groups excluding carboxylic acids is 1. The molecular formula is C19H15ClF2N2O2S. The molecule has 2 heterocycles. The molecule has 140 valence electrons. The standard InChI is InChI=1S/C19H15ClF2N2O2S/c20-14-4-2-1-3-13(14)18(25)24-7-5-12(6-8-24)26-19-23-17-15(22)9-11(21)10-16(17)27-19/h1-4,9-10,12H,5-8H2. The van der Waals surface area contributed by atoms with E-state index in [-0.39, 0.29) is 17.5 Å². The number of ether oxygens (including phenoxy) is 1. The van der Waals surface area contributed by atoms with Crippen LogP contribution in [0.3, 0.4) is 0 Å². The molecule has 8 heteroatoms. The van der Waals surface area contributed by atoms with Crippen LogP contribution in [0.15, 0.2) is 36.4 Å². The molecule has 0 bridgehead atoms. The molecule has 0 radical (unpaired) electrons. The van der Waals surface area contributed by atoms with Gasteiger partial charge in [-0.3, -0.25) is 4.79 Å². The van der Waals surface area contributed by atoms with Crippen molar-refractivity contribution in [3.05, 3.63) is 58.6 Å². The Morgan fingerprint density at radius 2 is 1.96 bits per heavy atom. The van der Waals surface area contributed by atoms with Crippen molar-refractivity contribution in [1.29, 1.82) is 0 Å². The Labute approximate surface area is 163 Å². The van der Waals surface area contributed by atoms with Gasteiger partial charge in [-0.2, -0.15) is 4.98 Å². The first-order valence-electron chi connectivity index (χ1n) is 8.47. The Hall–Kier alpha value is -2.25. The van der Waals surface area contributed by atoms with Crippen LogP contribution in [0.25, 0.3) is 10.2 Å². The lowest BCUT2D eigenvalue weighted by molar-refractivity contribution is 0.0595. The second-order valence-corrected chi connectivity index (χ2v) is 7.70. The Morgan fingerprint density at radius 1 is 1.22 bits per heavy atom. The largest absolute Gasteiger partial charge is 0.467 e. The summed E-state index contributed by atoms with van der Waals surface area (Å²) in [6.07, 6.45) is 1.13. The number of hydrogen-bond donors (Lipinski definition) is 0. The molecule has 3 aromatic rings. The molecule has 27 heavy (non-hydrogen) atoms. The van der Waals surface area contributed by atoms with Gasteiger partial charge in [0.25, 0.3) is 11.1 Å². The first-order valence-corrected chi connectivity index (χ1v) is 9.67. The third kappa shape index (κ3) is 3.75. The van der Waals surface area contributed by atoms with Gasteiger partial charge >= 0.3 is 0 Å². The quantitative estimate of drug-likeness (QED) is 0.618. The highest BCUT2D eigenvalue weighted by Gasteiger charge is 2.26. The van der Waals surface area contributed by atoms with Crippen LogP contribution in [0, 0.1) is 11.6 Å². The number of benzene rings is 2. The first-order chi connectivity index (χ1) is 13.0. The van der Waals surface area contributed by atoms with Crippen LogP contribution in [-0.4, -0.2) is 35.0 Å². The molecule has 1 amide bonds. The molecule has 0 atom stereocenters. The fourth-order valence-electron chi connectivity index (χ4n) is 3.11. The molecular weight excluding hydrogens is 394 g/mol. The normalized spacial score (nSPS) is 15.3. The van der Waals surface area contributed by atoms with Crippen molar-refractivity contribution < 1.29 is 18.3 Å². The van der Waals surface area contributed by atoms with E-state index < -0.39 is 11.6 Å². The minimum atomic E-state index is -0.698. The fourth-order valence-corrected chi connectivity index (χ4v) is 4.25. The summed E-state index contributed by atoms with van der Waals surface area (Å²) in [5, 5.41) is 0.745. The average Bonchev–Trinajstić information content (AvgIpc) is 3.05. The molecule has 1 fully saturated rings. The number of rotatable bonds is 3. The summed E-state index contributed by atoms with van der Waals surface area (Å²) in [6, 6.07) is 9.02. The van der Waals surface area contributed by atoms with Crippen molar-refractivity contribution in [2.75, 3.05) is 13.1 Å². The van der Waals surface area contributed by atoms with E-state index in [1.165, 1.54) is 6.07 Å². The number of aromatic nitrogens is 1. The van der Waals surface area contributed by atoms with E-state index >= 15 is 0 Å². The van der Waals surface area contributed by atoms with Crippen LogP contribution in [0.4, 0.5) is 8.78 Å². The van der Waals surface area contributed by atoms with Gasteiger partial charge in [0.2, 0.25) is 0 Å². The summed E-state index contributed by atoms with van der Waals surface area (Å²) in [5.74, 6) is -1.44. The molecule has 1 aromatic heterocycles. The van der Waals surface area contributed by atoms with Gasteiger partial charge in [-0.15, -0.1) is 0 Å². The molecule has 1 saturated heterocycles. The van der Waals surface area contributed by atoms with Crippen molar-refractivity contribution in [3.8, 4) is 5.19 Å². The lowest BCUT2D eigenvalue weighted by Gasteiger charge is -2.31. The van der Waals surface area contributed by atoms with Crippen molar-refractivity contribution in [1.82, 2.24) is 9.88 Å². The number of hydrogen-bond acceptors (Lipinski definition) is 4. The number of amides is 1. The highest BCUT2D eigenvalue weighted by Crippen LogP contribution is 2.32. The summed E-state index contributed by atoms with van der Waals surface area (Å²) >= 11 is 7.21. The maximum Gasteiger partial charge on any atom is 0.274 e. The third-order valence-electron chi connectivity index (χ3n) is 4.49. The maximum absolute atomic E-state index is 13.8. The van der Waals surface area contributed by atoms with E-state index in [0.29, 0.717) is 46.4 Å². The van der Waals surface area contributed by atoms with E-state index in [4.69, 9.17) is 16.3 Å². The Balaban J connectivity index is 1.40. The van der Waals surface area contributed by atoms with Crippen molar-refractivity contribution in [2.24, 2.45) is 0 Å². The Kier molecular flexibility index (Phi) is 4.97. The lowest BCUT2D eigenvalue weighted by atomic mass is 10.1. The molecule has 0 saturated carbocycles. The molecule has 0 unspecified atom stereocenters. The van der Waals surface area contributed by atoms with Crippen LogP contribution in [0.1, 0.15) is 23.2 Å². The van der Waals surface area contributed by atoms with Crippen molar-refractivity contribution >= 4 is 39.1 Å². The summed E-state index contributed by atoms with van der Waals surface area (Å²) in [4.78, 5) is 18.4. The highest BCUT2D eigenvalue weighted by molar-refractivity contribution is 7.20. The smallest absolute Gasteiger partial charge is 0.274 e. The summed E-state index contributed by atoms with van der Waals surface area (Å²) < 4.78 is 33.3. The number of halogens is 3. The lowest BCUT2D eigenvalue weighted by Crippen LogP contribution is -2.41. The topological polar surface area (TPSA) is 42.4 Å². The fraction of sp³-hybridized carbons (Fsp3) is 0.263. The average molecular weight is 409 g/mol.